The number of methoxy groups -OCH3 is 2. The van der Waals surface area contributed by atoms with E-state index in [4.69, 9.17) is 20.8 Å². The normalized spacial score (nSPS) is 15.5. The first kappa shape index (κ1) is 22.9. The fraction of sp³-hybridized carbons (Fsp3) is 0.238. The molecular formula is C21H19ClN2O8. The summed E-state index contributed by atoms with van der Waals surface area (Å²) >= 11 is 6.06. The van der Waals surface area contributed by atoms with Crippen molar-refractivity contribution in [2.24, 2.45) is 0 Å². The standard InChI is InChI=1S/C21H19ClN2O8/c1-11(19(26)29-2)31-16-6-4-13(22)8-12(16)9-15-18(25)24(21(28)23-15)10-14-5-7-17(32-14)20(27)30-3/h4-9,11H,10H2,1-3H3,(H,23,28)/b15-9-/t11-/m1/s1. The summed E-state index contributed by atoms with van der Waals surface area (Å²) in [5.74, 6) is -1.46. The number of amides is 3. The van der Waals surface area contributed by atoms with E-state index in [0.717, 1.165) is 4.90 Å². The smallest absolute Gasteiger partial charge is 0.373 e. The van der Waals surface area contributed by atoms with E-state index in [1.807, 2.05) is 0 Å². The minimum Gasteiger partial charge on any atom is -0.478 e. The number of carbonyl (C=O) groups excluding carboxylic acids is 4. The molecule has 2 heterocycles. The van der Waals surface area contributed by atoms with Gasteiger partial charge in [-0.2, -0.15) is 0 Å². The third-order valence-electron chi connectivity index (χ3n) is 4.43. The minimum atomic E-state index is -0.911. The Kier molecular flexibility index (Phi) is 6.84. The number of halogens is 1. The van der Waals surface area contributed by atoms with Gasteiger partial charge in [-0.05, 0) is 43.3 Å². The Balaban J connectivity index is 1.82. The first-order valence-corrected chi connectivity index (χ1v) is 9.67. The Hall–Kier alpha value is -3.79. The summed E-state index contributed by atoms with van der Waals surface area (Å²) < 4.78 is 20.1. The molecule has 11 heteroatoms. The number of benzene rings is 1. The van der Waals surface area contributed by atoms with E-state index in [1.165, 1.54) is 51.5 Å². The highest BCUT2D eigenvalue weighted by molar-refractivity contribution is 6.30. The summed E-state index contributed by atoms with van der Waals surface area (Å²) in [7, 11) is 2.44. The summed E-state index contributed by atoms with van der Waals surface area (Å²) in [6.45, 7) is 1.31. The van der Waals surface area contributed by atoms with Gasteiger partial charge in [0.05, 0.1) is 20.8 Å². The van der Waals surface area contributed by atoms with Crippen molar-refractivity contribution in [1.29, 1.82) is 0 Å². The number of hydrogen-bond donors (Lipinski definition) is 1. The van der Waals surface area contributed by atoms with Crippen LogP contribution in [0.3, 0.4) is 0 Å². The van der Waals surface area contributed by atoms with Crippen molar-refractivity contribution in [3.05, 3.63) is 58.1 Å². The molecule has 0 radical (unpaired) electrons. The first-order valence-electron chi connectivity index (χ1n) is 9.29. The molecule has 3 rings (SSSR count). The third kappa shape index (κ3) is 4.92. The third-order valence-corrected chi connectivity index (χ3v) is 4.67. The van der Waals surface area contributed by atoms with Crippen molar-refractivity contribution in [3.8, 4) is 5.75 Å². The Morgan fingerprint density at radius 1 is 1.19 bits per heavy atom. The maximum Gasteiger partial charge on any atom is 0.373 e. The molecule has 1 saturated heterocycles. The number of imide groups is 1. The van der Waals surface area contributed by atoms with Crippen LogP contribution in [0.5, 0.6) is 5.75 Å². The molecule has 1 N–H and O–H groups in total. The number of hydrogen-bond acceptors (Lipinski definition) is 8. The van der Waals surface area contributed by atoms with E-state index in [9.17, 15) is 19.2 Å². The van der Waals surface area contributed by atoms with Gasteiger partial charge in [-0.3, -0.25) is 9.69 Å². The van der Waals surface area contributed by atoms with E-state index in [0.29, 0.717) is 10.6 Å². The Labute approximate surface area is 187 Å². The zero-order valence-corrected chi connectivity index (χ0v) is 18.1. The summed E-state index contributed by atoms with van der Waals surface area (Å²) in [5, 5.41) is 2.83. The van der Waals surface area contributed by atoms with E-state index in [-0.39, 0.29) is 29.5 Å². The van der Waals surface area contributed by atoms with Crippen molar-refractivity contribution in [1.82, 2.24) is 10.2 Å². The lowest BCUT2D eigenvalue weighted by Gasteiger charge is -2.15. The molecular weight excluding hydrogens is 444 g/mol. The number of carbonyl (C=O) groups is 4. The van der Waals surface area contributed by atoms with Gasteiger partial charge in [0, 0.05) is 10.6 Å². The molecule has 168 valence electrons. The zero-order valence-electron chi connectivity index (χ0n) is 17.3. The van der Waals surface area contributed by atoms with Crippen molar-refractivity contribution in [3.63, 3.8) is 0 Å². The molecule has 2 aromatic rings. The second-order valence-electron chi connectivity index (χ2n) is 6.60. The molecule has 3 amide bonds. The van der Waals surface area contributed by atoms with E-state index in [2.05, 4.69) is 14.8 Å². The van der Waals surface area contributed by atoms with E-state index in [1.54, 1.807) is 6.07 Å². The van der Waals surface area contributed by atoms with Gasteiger partial charge in [0.2, 0.25) is 5.76 Å². The number of nitrogens with zero attached hydrogens (tertiary/aromatic N) is 1. The summed E-state index contributed by atoms with van der Waals surface area (Å²) in [4.78, 5) is 49.2. The highest BCUT2D eigenvalue weighted by Crippen LogP contribution is 2.28. The Morgan fingerprint density at radius 2 is 1.94 bits per heavy atom. The predicted molar refractivity (Wildman–Crippen MR) is 111 cm³/mol. The van der Waals surface area contributed by atoms with Crippen LogP contribution >= 0.6 is 11.6 Å². The zero-order chi connectivity index (χ0) is 23.4. The van der Waals surface area contributed by atoms with Gasteiger partial charge in [0.15, 0.2) is 6.10 Å². The van der Waals surface area contributed by atoms with Gasteiger partial charge in [0.25, 0.3) is 5.91 Å². The highest BCUT2D eigenvalue weighted by Gasteiger charge is 2.34. The lowest BCUT2D eigenvalue weighted by molar-refractivity contribution is -0.147. The molecule has 1 fully saturated rings. The van der Waals surface area contributed by atoms with Crippen molar-refractivity contribution >= 4 is 41.6 Å². The Bertz CT molecular complexity index is 1110. The molecule has 1 aromatic carbocycles. The van der Waals surface area contributed by atoms with E-state index >= 15 is 0 Å². The van der Waals surface area contributed by atoms with Gasteiger partial charge in [-0.15, -0.1) is 0 Å². The molecule has 10 nitrogen and oxygen atoms in total. The molecule has 32 heavy (non-hydrogen) atoms. The number of ether oxygens (including phenoxy) is 3. The lowest BCUT2D eigenvalue weighted by atomic mass is 10.1. The molecule has 0 saturated carbocycles. The van der Waals surface area contributed by atoms with Crippen LogP contribution in [0.15, 0.2) is 40.4 Å². The second-order valence-corrected chi connectivity index (χ2v) is 7.04. The van der Waals surface area contributed by atoms with Gasteiger partial charge < -0.3 is 23.9 Å². The van der Waals surface area contributed by atoms with Crippen LogP contribution in [0.1, 0.15) is 28.8 Å². The lowest BCUT2D eigenvalue weighted by Crippen LogP contribution is -2.30. The fourth-order valence-corrected chi connectivity index (χ4v) is 3.02. The minimum absolute atomic E-state index is 0.0346. The van der Waals surface area contributed by atoms with Gasteiger partial charge >= 0.3 is 18.0 Å². The monoisotopic (exact) mass is 462 g/mol. The SMILES string of the molecule is COC(=O)c1ccc(CN2C(=O)N/C(=C\c3cc(Cl)ccc3O[C@H](C)C(=O)OC)C2=O)o1. The summed E-state index contributed by atoms with van der Waals surface area (Å²) in [6.07, 6.45) is 0.472. The quantitative estimate of drug-likeness (QED) is 0.378. The summed E-state index contributed by atoms with van der Waals surface area (Å²) in [6, 6.07) is 6.78. The average molecular weight is 463 g/mol. The molecule has 0 spiro atoms. The van der Waals surface area contributed by atoms with Crippen LogP contribution in [0.25, 0.3) is 6.08 Å². The fourth-order valence-electron chi connectivity index (χ4n) is 2.84. The van der Waals surface area contributed by atoms with Gasteiger partial charge in [-0.25, -0.2) is 14.4 Å². The average Bonchev–Trinajstić information content (AvgIpc) is 3.34. The van der Waals surface area contributed by atoms with Crippen LogP contribution in [0, 0.1) is 0 Å². The Morgan fingerprint density at radius 3 is 2.62 bits per heavy atom. The number of rotatable bonds is 7. The van der Waals surface area contributed by atoms with Crippen molar-refractivity contribution < 1.29 is 37.8 Å². The number of esters is 2. The van der Waals surface area contributed by atoms with Crippen molar-refractivity contribution in [2.45, 2.75) is 19.6 Å². The number of nitrogens with one attached hydrogen (secondary N) is 1. The second kappa shape index (κ2) is 9.56. The van der Waals surface area contributed by atoms with Gasteiger partial charge in [-0.1, -0.05) is 11.6 Å². The topological polar surface area (TPSA) is 124 Å². The van der Waals surface area contributed by atoms with Crippen LogP contribution in [-0.4, -0.2) is 49.1 Å². The van der Waals surface area contributed by atoms with Gasteiger partial charge in [0.1, 0.15) is 17.2 Å². The summed E-state index contributed by atoms with van der Waals surface area (Å²) in [5.41, 5.74) is 0.331. The number of urea groups is 1. The first-order chi connectivity index (χ1) is 15.2. The van der Waals surface area contributed by atoms with Crippen LogP contribution < -0.4 is 10.1 Å². The van der Waals surface area contributed by atoms with Crippen molar-refractivity contribution in [2.75, 3.05) is 14.2 Å². The molecule has 0 bridgehead atoms. The van der Waals surface area contributed by atoms with E-state index < -0.39 is 30.0 Å². The molecule has 1 aliphatic rings. The largest absolute Gasteiger partial charge is 0.478 e. The molecule has 1 aromatic heterocycles. The number of furan rings is 1. The molecule has 0 aliphatic carbocycles. The molecule has 1 aliphatic heterocycles. The maximum atomic E-state index is 12.8. The van der Waals surface area contributed by atoms with Crippen LogP contribution in [-0.2, 0) is 25.6 Å². The van der Waals surface area contributed by atoms with Crippen LogP contribution in [0.4, 0.5) is 4.79 Å². The molecule has 0 unspecified atom stereocenters. The maximum absolute atomic E-state index is 12.8. The van der Waals surface area contributed by atoms with Crippen LogP contribution in [0.2, 0.25) is 5.02 Å². The highest BCUT2D eigenvalue weighted by atomic mass is 35.5. The predicted octanol–water partition coefficient (Wildman–Crippen LogP) is 2.75. The molecule has 1 atom stereocenters.